The molecule has 3 aliphatic rings. The van der Waals surface area contributed by atoms with Crippen molar-refractivity contribution in [2.75, 3.05) is 79.1 Å². The van der Waals surface area contributed by atoms with Gasteiger partial charge >= 0.3 is 0 Å². The molecule has 280 valence electrons. The molecule has 0 saturated carbocycles. The summed E-state index contributed by atoms with van der Waals surface area (Å²) in [4.78, 5) is 60.7. The number of pyridine rings is 1. The second-order valence-electron chi connectivity index (χ2n) is 13.4. The molecule has 2 fully saturated rings. The van der Waals surface area contributed by atoms with Crippen LogP contribution in [0.3, 0.4) is 0 Å². The first-order valence-corrected chi connectivity index (χ1v) is 18.3. The van der Waals surface area contributed by atoms with Gasteiger partial charge in [-0.25, -0.2) is 0 Å². The number of likely N-dealkylation sites (tertiary alicyclic amines) is 1. The first-order valence-electron chi connectivity index (χ1n) is 18.3. The van der Waals surface area contributed by atoms with Gasteiger partial charge < -0.3 is 33.6 Å². The molecule has 4 aromatic rings. The summed E-state index contributed by atoms with van der Waals surface area (Å²) in [6, 6.07) is 12.4. The quantitative estimate of drug-likeness (QED) is 0.114. The zero-order valence-corrected chi connectivity index (χ0v) is 29.7. The SMILES string of the molecule is O=C1CCC(N2C(=O)c3ccc(OCCOCCOCCOCCOCCN4CCC(c5ccc6c(c5)[nH]c5ccncc56)CC4)cc3C2=O)C(=O)N1. The highest BCUT2D eigenvalue weighted by molar-refractivity contribution is 6.23. The Labute approximate surface area is 307 Å². The van der Waals surface area contributed by atoms with Crippen LogP contribution in [0.2, 0.25) is 0 Å². The molecule has 0 spiro atoms. The third kappa shape index (κ3) is 8.74. The van der Waals surface area contributed by atoms with Crippen molar-refractivity contribution >= 4 is 45.4 Å². The molecule has 2 N–H and O–H groups in total. The van der Waals surface area contributed by atoms with Crippen LogP contribution >= 0.6 is 0 Å². The van der Waals surface area contributed by atoms with E-state index >= 15 is 0 Å². The monoisotopic (exact) mass is 727 g/mol. The van der Waals surface area contributed by atoms with Crippen molar-refractivity contribution in [3.63, 3.8) is 0 Å². The molecular weight excluding hydrogens is 682 g/mol. The van der Waals surface area contributed by atoms with E-state index in [9.17, 15) is 19.2 Å². The van der Waals surface area contributed by atoms with Gasteiger partial charge in [-0.05, 0) is 74.2 Å². The number of aromatic nitrogens is 2. The van der Waals surface area contributed by atoms with E-state index in [0.29, 0.717) is 64.5 Å². The zero-order chi connectivity index (χ0) is 36.6. The minimum absolute atomic E-state index is 0.0688. The largest absolute Gasteiger partial charge is 0.491 e. The Bertz CT molecular complexity index is 1940. The van der Waals surface area contributed by atoms with Crippen molar-refractivity contribution in [2.24, 2.45) is 0 Å². The molecule has 1 unspecified atom stereocenters. The smallest absolute Gasteiger partial charge is 0.262 e. The van der Waals surface area contributed by atoms with Crippen molar-refractivity contribution in [2.45, 2.75) is 37.6 Å². The molecule has 0 aliphatic carbocycles. The van der Waals surface area contributed by atoms with Crippen LogP contribution in [-0.2, 0) is 28.5 Å². The predicted octanol–water partition coefficient (Wildman–Crippen LogP) is 3.44. The van der Waals surface area contributed by atoms with E-state index in [-0.39, 0.29) is 30.6 Å². The normalized spacial score (nSPS) is 18.3. The maximum atomic E-state index is 13.0. The fourth-order valence-corrected chi connectivity index (χ4v) is 7.22. The van der Waals surface area contributed by atoms with Crippen LogP contribution in [-0.4, -0.2) is 129 Å². The van der Waals surface area contributed by atoms with E-state index in [2.05, 4.69) is 38.4 Å². The number of benzene rings is 2. The van der Waals surface area contributed by atoms with Crippen molar-refractivity contribution in [1.29, 1.82) is 0 Å². The average molecular weight is 728 g/mol. The summed E-state index contributed by atoms with van der Waals surface area (Å²) < 4.78 is 28.2. The number of hydrogen-bond donors (Lipinski definition) is 2. The van der Waals surface area contributed by atoms with Gasteiger partial charge in [-0.2, -0.15) is 0 Å². The van der Waals surface area contributed by atoms with Crippen molar-refractivity contribution in [1.82, 2.24) is 25.1 Å². The van der Waals surface area contributed by atoms with Crippen LogP contribution < -0.4 is 10.1 Å². The fraction of sp³-hybridized carbons (Fsp3) is 0.462. The van der Waals surface area contributed by atoms with Gasteiger partial charge in [-0.15, -0.1) is 0 Å². The molecule has 0 radical (unpaired) electrons. The van der Waals surface area contributed by atoms with E-state index in [1.807, 2.05) is 18.5 Å². The first kappa shape index (κ1) is 36.6. The maximum absolute atomic E-state index is 13.0. The number of hydrogen-bond acceptors (Lipinski definition) is 11. The van der Waals surface area contributed by atoms with Crippen LogP contribution in [0.4, 0.5) is 0 Å². The number of carbonyl (C=O) groups is 4. The number of carbonyl (C=O) groups excluding carboxylic acids is 4. The summed E-state index contributed by atoms with van der Waals surface area (Å²) in [5.74, 6) is -1.21. The van der Waals surface area contributed by atoms with Gasteiger partial charge in [0.2, 0.25) is 11.8 Å². The number of ether oxygens (including phenoxy) is 5. The van der Waals surface area contributed by atoms with E-state index < -0.39 is 29.7 Å². The molecule has 53 heavy (non-hydrogen) atoms. The Morgan fingerprint density at radius 1 is 0.698 bits per heavy atom. The van der Waals surface area contributed by atoms with Crippen molar-refractivity contribution in [3.8, 4) is 5.75 Å². The summed E-state index contributed by atoms with van der Waals surface area (Å²) in [5, 5.41) is 4.59. The van der Waals surface area contributed by atoms with Gasteiger partial charge in [0.05, 0.1) is 64.0 Å². The molecule has 4 amide bonds. The van der Waals surface area contributed by atoms with E-state index in [4.69, 9.17) is 23.7 Å². The van der Waals surface area contributed by atoms with Crippen LogP contribution in [0.15, 0.2) is 54.9 Å². The molecule has 2 saturated heterocycles. The van der Waals surface area contributed by atoms with Gasteiger partial charge in [0, 0.05) is 47.2 Å². The first-order chi connectivity index (χ1) is 26.0. The number of amides is 4. The molecule has 3 aliphatic heterocycles. The minimum atomic E-state index is -1.01. The van der Waals surface area contributed by atoms with Crippen molar-refractivity contribution < 1.29 is 42.9 Å². The molecule has 0 bridgehead atoms. The number of nitrogens with zero attached hydrogens (tertiary/aromatic N) is 3. The van der Waals surface area contributed by atoms with Crippen LogP contribution in [0, 0.1) is 0 Å². The lowest BCUT2D eigenvalue weighted by atomic mass is 9.89. The lowest BCUT2D eigenvalue weighted by molar-refractivity contribution is -0.136. The number of imide groups is 2. The van der Waals surface area contributed by atoms with E-state index in [1.165, 1.54) is 34.0 Å². The van der Waals surface area contributed by atoms with Crippen molar-refractivity contribution in [3.05, 3.63) is 71.5 Å². The molecule has 1 atom stereocenters. The Morgan fingerprint density at radius 2 is 1.40 bits per heavy atom. The molecule has 14 nitrogen and oxygen atoms in total. The summed E-state index contributed by atoms with van der Waals surface area (Å²) in [5.41, 5.74) is 4.09. The van der Waals surface area contributed by atoms with Crippen LogP contribution in [0.5, 0.6) is 5.75 Å². The van der Waals surface area contributed by atoms with Crippen LogP contribution in [0.1, 0.15) is 57.9 Å². The summed E-state index contributed by atoms with van der Waals surface area (Å²) in [6.45, 7) is 7.10. The topological polar surface area (TPSA) is 162 Å². The van der Waals surface area contributed by atoms with E-state index in [1.54, 1.807) is 6.07 Å². The molecule has 7 rings (SSSR count). The summed E-state index contributed by atoms with van der Waals surface area (Å²) in [7, 11) is 0. The Kier molecular flexibility index (Phi) is 12.0. The van der Waals surface area contributed by atoms with Gasteiger partial charge in [-0.3, -0.25) is 34.4 Å². The standard InChI is InChI=1S/C39H45N5O9/c45-36-6-5-35(37(46)42-36)44-38(47)30-4-2-28(24-31(30)39(44)48)53-22-21-52-20-19-51-18-17-50-16-15-49-14-13-43-11-8-26(9-12-43)27-1-3-29-32-25-40-10-7-33(32)41-34(29)23-27/h1-4,7,10,23-26,35,41H,5-6,8-9,11-22H2,(H,42,45,46). The maximum Gasteiger partial charge on any atom is 0.262 e. The predicted molar refractivity (Wildman–Crippen MR) is 194 cm³/mol. The highest BCUT2D eigenvalue weighted by atomic mass is 16.6. The minimum Gasteiger partial charge on any atom is -0.491 e. The molecule has 2 aromatic heterocycles. The second-order valence-corrected chi connectivity index (χ2v) is 13.4. The zero-order valence-electron chi connectivity index (χ0n) is 29.7. The Morgan fingerprint density at radius 3 is 2.13 bits per heavy atom. The number of piperidine rings is 2. The summed E-state index contributed by atoms with van der Waals surface area (Å²) in [6.07, 6.45) is 6.22. The fourth-order valence-electron chi connectivity index (χ4n) is 7.22. The lowest BCUT2D eigenvalue weighted by Crippen LogP contribution is -2.54. The number of aromatic amines is 1. The highest BCUT2D eigenvalue weighted by Gasteiger charge is 2.44. The number of H-pyrrole nitrogens is 1. The van der Waals surface area contributed by atoms with Gasteiger partial charge in [0.1, 0.15) is 18.4 Å². The second kappa shape index (κ2) is 17.4. The molecular formula is C39H45N5O9. The van der Waals surface area contributed by atoms with Crippen LogP contribution in [0.25, 0.3) is 21.8 Å². The third-order valence-electron chi connectivity index (χ3n) is 10.1. The number of nitrogens with one attached hydrogen (secondary N) is 2. The number of fused-ring (bicyclic) bond motifs is 4. The molecule has 2 aromatic carbocycles. The number of rotatable bonds is 18. The Balaban J connectivity index is 0.677. The van der Waals surface area contributed by atoms with E-state index in [0.717, 1.165) is 42.9 Å². The molecule has 5 heterocycles. The van der Waals surface area contributed by atoms with Gasteiger partial charge in [0.15, 0.2) is 0 Å². The average Bonchev–Trinajstić information content (AvgIpc) is 3.66. The summed E-state index contributed by atoms with van der Waals surface area (Å²) >= 11 is 0. The highest BCUT2D eigenvalue weighted by Crippen LogP contribution is 2.33. The van der Waals surface area contributed by atoms with Gasteiger partial charge in [0.25, 0.3) is 11.8 Å². The molecule has 14 heteroatoms. The lowest BCUT2D eigenvalue weighted by Gasteiger charge is -2.32. The third-order valence-corrected chi connectivity index (χ3v) is 10.1. The Hall–Kier alpha value is -4.73. The van der Waals surface area contributed by atoms with Gasteiger partial charge in [-0.1, -0.05) is 12.1 Å².